The number of aromatic nitrogens is 2. The SMILES string of the molecule is CCCn1ccnc1CC(O)CNCCOC. The minimum Gasteiger partial charge on any atom is -0.391 e. The Kier molecular flexibility index (Phi) is 6.84. The second-order valence-electron chi connectivity index (χ2n) is 4.09. The summed E-state index contributed by atoms with van der Waals surface area (Å²) in [6.07, 6.45) is 5.02. The van der Waals surface area contributed by atoms with Crippen molar-refractivity contribution in [3.63, 3.8) is 0 Å². The molecule has 1 aromatic heterocycles. The molecule has 1 unspecified atom stereocenters. The Balaban J connectivity index is 2.29. The van der Waals surface area contributed by atoms with Gasteiger partial charge in [-0.3, -0.25) is 0 Å². The summed E-state index contributed by atoms with van der Waals surface area (Å²) in [7, 11) is 1.67. The van der Waals surface area contributed by atoms with E-state index in [0.717, 1.165) is 25.3 Å². The predicted molar refractivity (Wildman–Crippen MR) is 67.0 cm³/mol. The highest BCUT2D eigenvalue weighted by Crippen LogP contribution is 2.02. The number of nitrogens with one attached hydrogen (secondary N) is 1. The summed E-state index contributed by atoms with van der Waals surface area (Å²) < 4.78 is 7.02. The smallest absolute Gasteiger partial charge is 0.111 e. The molecule has 0 aliphatic rings. The monoisotopic (exact) mass is 241 g/mol. The average molecular weight is 241 g/mol. The first kappa shape index (κ1) is 14.2. The van der Waals surface area contributed by atoms with Crippen LogP contribution in [-0.4, -0.2) is 47.6 Å². The zero-order chi connectivity index (χ0) is 12.5. The highest BCUT2D eigenvalue weighted by atomic mass is 16.5. The number of imidazole rings is 1. The number of methoxy groups -OCH3 is 1. The lowest BCUT2D eigenvalue weighted by Crippen LogP contribution is -2.31. The normalized spacial score (nSPS) is 12.9. The lowest BCUT2D eigenvalue weighted by molar-refractivity contribution is 0.157. The fourth-order valence-corrected chi connectivity index (χ4v) is 1.70. The maximum Gasteiger partial charge on any atom is 0.111 e. The van der Waals surface area contributed by atoms with Crippen molar-refractivity contribution in [2.75, 3.05) is 26.8 Å². The fraction of sp³-hybridized carbons (Fsp3) is 0.750. The highest BCUT2D eigenvalue weighted by Gasteiger charge is 2.09. The number of nitrogens with zero attached hydrogens (tertiary/aromatic N) is 2. The zero-order valence-electron chi connectivity index (χ0n) is 10.7. The van der Waals surface area contributed by atoms with E-state index in [9.17, 15) is 5.11 Å². The van der Waals surface area contributed by atoms with Gasteiger partial charge in [-0.05, 0) is 6.42 Å². The third-order valence-electron chi connectivity index (χ3n) is 2.55. The largest absolute Gasteiger partial charge is 0.391 e. The molecule has 0 saturated carbocycles. The quantitative estimate of drug-likeness (QED) is 0.616. The first-order valence-corrected chi connectivity index (χ1v) is 6.15. The minimum absolute atomic E-state index is 0.398. The van der Waals surface area contributed by atoms with Crippen LogP contribution in [0.15, 0.2) is 12.4 Å². The van der Waals surface area contributed by atoms with Crippen molar-refractivity contribution < 1.29 is 9.84 Å². The Bertz CT molecular complexity index is 302. The van der Waals surface area contributed by atoms with Crippen molar-refractivity contribution in [3.8, 4) is 0 Å². The van der Waals surface area contributed by atoms with Crippen molar-refractivity contribution in [1.82, 2.24) is 14.9 Å². The lowest BCUT2D eigenvalue weighted by Gasteiger charge is -2.12. The van der Waals surface area contributed by atoms with E-state index >= 15 is 0 Å². The molecule has 2 N–H and O–H groups in total. The van der Waals surface area contributed by atoms with Crippen LogP contribution in [-0.2, 0) is 17.7 Å². The van der Waals surface area contributed by atoms with Gasteiger partial charge >= 0.3 is 0 Å². The summed E-state index contributed by atoms with van der Waals surface area (Å²) >= 11 is 0. The Morgan fingerprint density at radius 3 is 3.12 bits per heavy atom. The van der Waals surface area contributed by atoms with Gasteiger partial charge in [-0.1, -0.05) is 6.92 Å². The van der Waals surface area contributed by atoms with Crippen LogP contribution in [0.5, 0.6) is 0 Å². The minimum atomic E-state index is -0.398. The molecule has 1 rings (SSSR count). The van der Waals surface area contributed by atoms with Crippen LogP contribution >= 0.6 is 0 Å². The first-order chi connectivity index (χ1) is 8.27. The zero-order valence-corrected chi connectivity index (χ0v) is 10.7. The predicted octanol–water partition coefficient (Wildman–Crippen LogP) is 0.432. The van der Waals surface area contributed by atoms with Gasteiger partial charge in [-0.15, -0.1) is 0 Å². The third-order valence-corrected chi connectivity index (χ3v) is 2.55. The van der Waals surface area contributed by atoms with Crippen LogP contribution in [0, 0.1) is 0 Å². The van der Waals surface area contributed by atoms with Crippen molar-refractivity contribution in [2.24, 2.45) is 0 Å². The third kappa shape index (κ3) is 5.30. The van der Waals surface area contributed by atoms with Gasteiger partial charge in [0.05, 0.1) is 12.7 Å². The van der Waals surface area contributed by atoms with Gasteiger partial charge in [0.2, 0.25) is 0 Å². The molecule has 5 heteroatoms. The molecule has 1 atom stereocenters. The van der Waals surface area contributed by atoms with Gasteiger partial charge < -0.3 is 19.7 Å². The summed E-state index contributed by atoms with van der Waals surface area (Å²) in [4.78, 5) is 4.27. The van der Waals surface area contributed by atoms with Gasteiger partial charge in [-0.2, -0.15) is 0 Å². The molecule has 0 bridgehead atoms. The van der Waals surface area contributed by atoms with E-state index in [-0.39, 0.29) is 0 Å². The Morgan fingerprint density at radius 2 is 2.41 bits per heavy atom. The van der Waals surface area contributed by atoms with Gasteiger partial charge in [-0.25, -0.2) is 4.98 Å². The lowest BCUT2D eigenvalue weighted by atomic mass is 10.2. The second-order valence-corrected chi connectivity index (χ2v) is 4.09. The van der Waals surface area contributed by atoms with Crippen molar-refractivity contribution in [1.29, 1.82) is 0 Å². The number of ether oxygens (including phenoxy) is 1. The number of aliphatic hydroxyl groups is 1. The fourth-order valence-electron chi connectivity index (χ4n) is 1.70. The number of rotatable bonds is 9. The molecule has 0 radical (unpaired) electrons. The maximum atomic E-state index is 9.86. The van der Waals surface area contributed by atoms with E-state index in [4.69, 9.17) is 4.74 Å². The molecular weight excluding hydrogens is 218 g/mol. The van der Waals surface area contributed by atoms with E-state index in [1.807, 2.05) is 6.20 Å². The van der Waals surface area contributed by atoms with E-state index in [0.29, 0.717) is 19.6 Å². The van der Waals surface area contributed by atoms with E-state index < -0.39 is 6.10 Å². The second kappa shape index (κ2) is 8.22. The molecule has 5 nitrogen and oxygen atoms in total. The molecule has 1 heterocycles. The van der Waals surface area contributed by atoms with E-state index in [2.05, 4.69) is 21.8 Å². The molecule has 0 saturated heterocycles. The molecule has 0 aliphatic heterocycles. The van der Waals surface area contributed by atoms with Crippen LogP contribution in [0.3, 0.4) is 0 Å². The Labute approximate surface area is 103 Å². The summed E-state index contributed by atoms with van der Waals surface area (Å²) in [5.74, 6) is 0.952. The number of aliphatic hydroxyl groups excluding tert-OH is 1. The molecular formula is C12H23N3O2. The van der Waals surface area contributed by atoms with Crippen LogP contribution in [0.25, 0.3) is 0 Å². The molecule has 0 aliphatic carbocycles. The van der Waals surface area contributed by atoms with Crippen LogP contribution in [0.2, 0.25) is 0 Å². The van der Waals surface area contributed by atoms with Crippen LogP contribution in [0.4, 0.5) is 0 Å². The van der Waals surface area contributed by atoms with E-state index in [1.165, 1.54) is 0 Å². The van der Waals surface area contributed by atoms with E-state index in [1.54, 1.807) is 13.3 Å². The molecule has 0 aromatic carbocycles. The topological polar surface area (TPSA) is 59.3 Å². The summed E-state index contributed by atoms with van der Waals surface area (Å²) in [5.41, 5.74) is 0. The maximum absolute atomic E-state index is 9.86. The molecule has 0 amide bonds. The number of aryl methyl sites for hydroxylation is 1. The van der Waals surface area contributed by atoms with Gasteiger partial charge in [0.25, 0.3) is 0 Å². The van der Waals surface area contributed by atoms with Gasteiger partial charge in [0.15, 0.2) is 0 Å². The highest BCUT2D eigenvalue weighted by molar-refractivity contribution is 4.94. The summed E-state index contributed by atoms with van der Waals surface area (Å²) in [5, 5.41) is 13.0. The van der Waals surface area contributed by atoms with Gasteiger partial charge in [0, 0.05) is 45.6 Å². The summed E-state index contributed by atoms with van der Waals surface area (Å²) in [6.45, 7) is 5.09. The van der Waals surface area contributed by atoms with Gasteiger partial charge in [0.1, 0.15) is 5.82 Å². The molecule has 0 spiro atoms. The number of hydrogen-bond donors (Lipinski definition) is 2. The van der Waals surface area contributed by atoms with Crippen molar-refractivity contribution in [3.05, 3.63) is 18.2 Å². The van der Waals surface area contributed by atoms with Crippen molar-refractivity contribution >= 4 is 0 Å². The Hall–Kier alpha value is -0.910. The molecule has 1 aromatic rings. The first-order valence-electron chi connectivity index (χ1n) is 6.15. The summed E-state index contributed by atoms with van der Waals surface area (Å²) in [6, 6.07) is 0. The molecule has 98 valence electrons. The van der Waals surface area contributed by atoms with Crippen molar-refractivity contribution in [2.45, 2.75) is 32.4 Å². The standard InChI is InChI=1S/C12H23N3O2/c1-3-6-15-7-4-14-12(15)9-11(16)10-13-5-8-17-2/h4,7,11,13,16H,3,5-6,8-10H2,1-2H3. The molecule has 17 heavy (non-hydrogen) atoms. The number of hydrogen-bond acceptors (Lipinski definition) is 4. The average Bonchev–Trinajstić information content (AvgIpc) is 2.73. The molecule has 0 fully saturated rings. The van der Waals surface area contributed by atoms with Crippen LogP contribution < -0.4 is 5.32 Å². The van der Waals surface area contributed by atoms with Crippen LogP contribution in [0.1, 0.15) is 19.2 Å². The Morgan fingerprint density at radius 1 is 1.59 bits per heavy atom.